The van der Waals surface area contributed by atoms with Crippen molar-refractivity contribution in [3.8, 4) is 0 Å². The molecule has 2 bridgehead atoms. The van der Waals surface area contributed by atoms with Gasteiger partial charge in [0, 0.05) is 26.9 Å². The fourth-order valence-corrected chi connectivity index (χ4v) is 14.7. The van der Waals surface area contributed by atoms with Crippen LogP contribution >= 0.6 is 14.3 Å². The molecule has 186 valence electrons. The number of rotatable bonds is 6. The van der Waals surface area contributed by atoms with Crippen LogP contribution in [0, 0.1) is 0 Å². The van der Waals surface area contributed by atoms with Gasteiger partial charge in [0.05, 0.1) is 0 Å². The maximum atomic E-state index is 16.3. The van der Waals surface area contributed by atoms with Crippen molar-refractivity contribution in [1.29, 1.82) is 0 Å². The van der Waals surface area contributed by atoms with Crippen molar-refractivity contribution in [1.82, 2.24) is 0 Å². The monoisotopic (exact) mass is 533 g/mol. The smallest absolute Gasteiger partial charge is 0.251 e. The molecule has 5 aromatic rings. The fourth-order valence-electron chi connectivity index (χ4n) is 5.58. The number of fused-ring (bicyclic) bond motifs is 4. The molecule has 1 amide bonds. The van der Waals surface area contributed by atoms with E-state index in [4.69, 9.17) is 0 Å². The highest BCUT2D eigenvalue weighted by Crippen LogP contribution is 2.79. The maximum Gasteiger partial charge on any atom is 0.251 e. The van der Waals surface area contributed by atoms with Gasteiger partial charge in [-0.05, 0) is 17.7 Å². The molecule has 0 aromatic heterocycles. The van der Waals surface area contributed by atoms with Crippen molar-refractivity contribution < 1.29 is 13.9 Å². The summed E-state index contributed by atoms with van der Waals surface area (Å²) in [6, 6.07) is 43.3. The maximum absolute atomic E-state index is 16.3. The van der Waals surface area contributed by atoms with Crippen LogP contribution in [0.25, 0.3) is 0 Å². The molecular formula is C32H25NO3P2. The predicted molar refractivity (Wildman–Crippen MR) is 156 cm³/mol. The zero-order valence-corrected chi connectivity index (χ0v) is 22.3. The second-order valence-corrected chi connectivity index (χ2v) is 15.5. The van der Waals surface area contributed by atoms with Gasteiger partial charge in [-0.25, -0.2) is 0 Å². The molecule has 2 aliphatic heterocycles. The molecule has 0 fully saturated rings. The van der Waals surface area contributed by atoms with E-state index in [0.29, 0.717) is 32.5 Å². The van der Waals surface area contributed by atoms with E-state index < -0.39 is 25.1 Å². The van der Waals surface area contributed by atoms with Crippen LogP contribution in [0.2, 0.25) is 0 Å². The van der Waals surface area contributed by atoms with E-state index in [0.717, 1.165) is 0 Å². The van der Waals surface area contributed by atoms with Gasteiger partial charge in [0.15, 0.2) is 19.2 Å². The van der Waals surface area contributed by atoms with E-state index in [1.54, 1.807) is 72.8 Å². The van der Waals surface area contributed by atoms with Gasteiger partial charge in [-0.2, -0.15) is 0 Å². The Labute approximate surface area is 222 Å². The van der Waals surface area contributed by atoms with E-state index in [1.165, 1.54) is 0 Å². The Morgan fingerprint density at radius 3 is 1.08 bits per heavy atom. The minimum atomic E-state index is -4.04. The van der Waals surface area contributed by atoms with Crippen molar-refractivity contribution in [2.24, 2.45) is 0 Å². The molecule has 1 N–H and O–H groups in total. The molecule has 0 atom stereocenters. The summed E-state index contributed by atoms with van der Waals surface area (Å²) in [5.41, 5.74) is 1.03. The van der Waals surface area contributed by atoms with E-state index in [1.807, 2.05) is 72.8 Å². The summed E-state index contributed by atoms with van der Waals surface area (Å²) in [5.74, 6) is -0.537. The van der Waals surface area contributed by atoms with Gasteiger partial charge in [-0.1, -0.05) is 133 Å². The van der Waals surface area contributed by atoms with Gasteiger partial charge in [0.1, 0.15) is 0 Å². The summed E-state index contributed by atoms with van der Waals surface area (Å²) in [6.07, 6.45) is 0. The Morgan fingerprint density at radius 1 is 0.447 bits per heavy atom. The molecule has 4 nitrogen and oxygen atoms in total. The fraction of sp³-hybridized carbons (Fsp3) is 0.0312. The summed E-state index contributed by atoms with van der Waals surface area (Å²) < 4.78 is 32.6. The van der Waals surface area contributed by atoms with Crippen LogP contribution in [0.5, 0.6) is 0 Å². The lowest BCUT2D eigenvalue weighted by Crippen LogP contribution is -2.48. The summed E-state index contributed by atoms with van der Waals surface area (Å²) in [5, 5.41) is 4.87. The lowest BCUT2D eigenvalue weighted by molar-refractivity contribution is -0.116. The second-order valence-electron chi connectivity index (χ2n) is 9.26. The number of amides is 1. The lowest BCUT2D eigenvalue weighted by Gasteiger charge is -2.44. The molecule has 0 saturated heterocycles. The van der Waals surface area contributed by atoms with Gasteiger partial charge in [0.2, 0.25) is 0 Å². The number of hydrogen-bond acceptors (Lipinski definition) is 3. The molecule has 5 aromatic carbocycles. The number of carbonyl (C=O) groups is 1. The van der Waals surface area contributed by atoms with Gasteiger partial charge in [-0.15, -0.1) is 0 Å². The van der Waals surface area contributed by atoms with Crippen LogP contribution in [0.15, 0.2) is 146 Å². The molecule has 2 aliphatic rings. The minimum Gasteiger partial charge on any atom is -0.324 e. The summed E-state index contributed by atoms with van der Waals surface area (Å²) in [4.78, 5) is 12.8. The third-order valence-electron chi connectivity index (χ3n) is 7.25. The van der Waals surface area contributed by atoms with Gasteiger partial charge >= 0.3 is 0 Å². The number of benzene rings is 5. The Balaban J connectivity index is 1.87. The van der Waals surface area contributed by atoms with Crippen molar-refractivity contribution in [2.45, 2.75) is 4.90 Å². The molecule has 0 radical (unpaired) electrons. The van der Waals surface area contributed by atoms with E-state index >= 15 is 9.13 Å². The predicted octanol–water partition coefficient (Wildman–Crippen LogP) is 5.82. The first-order chi connectivity index (χ1) is 18.5. The van der Waals surface area contributed by atoms with Crippen LogP contribution in [-0.4, -0.2) is 5.91 Å². The minimum absolute atomic E-state index is 0.461. The Morgan fingerprint density at radius 2 is 0.763 bits per heavy atom. The van der Waals surface area contributed by atoms with Gasteiger partial charge < -0.3 is 14.4 Å². The third-order valence-corrected chi connectivity index (χ3v) is 15.8. The third kappa shape index (κ3) is 3.34. The van der Waals surface area contributed by atoms with E-state index in [9.17, 15) is 4.79 Å². The number of hydrogen-bond donors (Lipinski definition) is 1. The van der Waals surface area contributed by atoms with Crippen LogP contribution < -0.4 is 26.5 Å². The Hall–Kier alpha value is -3.97. The SMILES string of the molecule is O=C1Nc2ccc(cc2)C1(P(=O)(c1ccccc1)c1ccccc1)P(=O)(c1ccccc1)c1ccccc1. The molecular weight excluding hydrogens is 508 g/mol. The molecule has 0 unspecified atom stereocenters. The van der Waals surface area contributed by atoms with E-state index in [2.05, 4.69) is 5.32 Å². The average molecular weight is 534 g/mol. The van der Waals surface area contributed by atoms with Crippen molar-refractivity contribution in [3.05, 3.63) is 151 Å². The zero-order valence-electron chi connectivity index (χ0n) is 20.5. The quantitative estimate of drug-likeness (QED) is 0.280. The van der Waals surface area contributed by atoms with Crippen molar-refractivity contribution >= 4 is 47.1 Å². The number of nitrogens with one attached hydrogen (secondary N) is 1. The van der Waals surface area contributed by atoms with Crippen LogP contribution in [0.1, 0.15) is 5.56 Å². The number of carbonyl (C=O) groups excluding carboxylic acids is 1. The molecule has 6 heteroatoms. The first-order valence-corrected chi connectivity index (χ1v) is 15.8. The van der Waals surface area contributed by atoms with E-state index in [-0.39, 0.29) is 0 Å². The molecule has 7 rings (SSSR count). The number of anilines is 1. The highest BCUT2D eigenvalue weighted by atomic mass is 31.2. The first kappa shape index (κ1) is 24.4. The average Bonchev–Trinajstić information content (AvgIpc) is 3.23. The lowest BCUT2D eigenvalue weighted by atomic mass is 10.1. The first-order valence-electron chi connectivity index (χ1n) is 12.4. The highest BCUT2D eigenvalue weighted by Gasteiger charge is 2.68. The topological polar surface area (TPSA) is 63.2 Å². The molecule has 0 saturated carbocycles. The molecule has 2 heterocycles. The zero-order chi connectivity index (χ0) is 26.2. The second kappa shape index (κ2) is 9.40. The normalized spacial score (nSPS) is 14.5. The highest BCUT2D eigenvalue weighted by molar-refractivity contribution is 7.97. The van der Waals surface area contributed by atoms with Crippen LogP contribution in [0.3, 0.4) is 0 Å². The standard InChI is InChI=1S/C32H25NO3P2/c34-31-32(25-21-23-26(33-31)24-22-25,37(35,27-13-5-1-6-14-27)28-15-7-2-8-16-28)38(36,29-17-9-3-10-18-29)30-19-11-4-12-20-30/h1-24H,(H,33,34). The van der Waals surface area contributed by atoms with Crippen molar-refractivity contribution in [2.75, 3.05) is 5.32 Å². The molecule has 0 aliphatic carbocycles. The summed E-state index contributed by atoms with van der Waals surface area (Å²) in [7, 11) is -8.08. The van der Waals surface area contributed by atoms with Crippen LogP contribution in [0.4, 0.5) is 5.69 Å². The van der Waals surface area contributed by atoms with Gasteiger partial charge in [0.25, 0.3) is 5.91 Å². The van der Waals surface area contributed by atoms with Crippen LogP contribution in [-0.2, 0) is 18.8 Å². The van der Waals surface area contributed by atoms with Gasteiger partial charge in [-0.3, -0.25) is 4.79 Å². The summed E-state index contributed by atoms with van der Waals surface area (Å²) in [6.45, 7) is 0. The molecule has 0 spiro atoms. The Bertz CT molecular complexity index is 1500. The Kier molecular flexibility index (Phi) is 6.03. The molecule has 38 heavy (non-hydrogen) atoms. The largest absolute Gasteiger partial charge is 0.324 e. The van der Waals surface area contributed by atoms with Crippen molar-refractivity contribution in [3.63, 3.8) is 0 Å². The summed E-state index contributed by atoms with van der Waals surface area (Å²) >= 11 is 0.